The molecule has 2 fully saturated rings. The molecule has 148 valence electrons. The summed E-state index contributed by atoms with van der Waals surface area (Å²) in [6, 6.07) is 11.5. The van der Waals surface area contributed by atoms with Crippen molar-refractivity contribution >= 4 is 5.91 Å². The lowest BCUT2D eigenvalue weighted by molar-refractivity contribution is -0.129. The molecule has 1 aliphatic carbocycles. The summed E-state index contributed by atoms with van der Waals surface area (Å²) in [6.45, 7) is 12.5. The van der Waals surface area contributed by atoms with E-state index in [4.69, 9.17) is 0 Å². The van der Waals surface area contributed by atoms with Gasteiger partial charge in [0, 0.05) is 18.5 Å². The number of piperidine rings is 1. The van der Waals surface area contributed by atoms with Gasteiger partial charge >= 0.3 is 0 Å². The fourth-order valence-electron chi connectivity index (χ4n) is 4.35. The van der Waals surface area contributed by atoms with Crippen LogP contribution in [0.25, 0.3) is 0 Å². The Morgan fingerprint density at radius 2 is 1.62 bits per heavy atom. The first-order valence-corrected chi connectivity index (χ1v) is 10.6. The van der Waals surface area contributed by atoms with E-state index >= 15 is 0 Å². The van der Waals surface area contributed by atoms with E-state index in [-0.39, 0.29) is 11.3 Å². The molecule has 3 nitrogen and oxygen atoms in total. The molecule has 1 aromatic rings. The Bertz CT molecular complexity index is 508. The van der Waals surface area contributed by atoms with Crippen LogP contribution in [0, 0.1) is 5.41 Å². The minimum atomic E-state index is -0.157. The van der Waals surface area contributed by atoms with Gasteiger partial charge in [0.25, 0.3) is 0 Å². The highest BCUT2D eigenvalue weighted by atomic mass is 16.2. The summed E-state index contributed by atoms with van der Waals surface area (Å²) in [5.41, 5.74) is 1.33. The molecular weight excluding hydrogens is 320 g/mol. The largest absolute Gasteiger partial charge is 0.359 e. The second kappa shape index (κ2) is 11.4. The van der Waals surface area contributed by atoms with Crippen molar-refractivity contribution in [3.63, 3.8) is 0 Å². The molecule has 3 heteroatoms. The van der Waals surface area contributed by atoms with Gasteiger partial charge in [-0.05, 0) is 56.7 Å². The van der Waals surface area contributed by atoms with E-state index in [0.717, 1.165) is 12.8 Å². The van der Waals surface area contributed by atoms with Gasteiger partial charge in [-0.3, -0.25) is 4.79 Å². The van der Waals surface area contributed by atoms with Crippen LogP contribution in [0.2, 0.25) is 0 Å². The molecule has 2 atom stereocenters. The number of amides is 1. The molecule has 0 radical (unpaired) electrons. The summed E-state index contributed by atoms with van der Waals surface area (Å²) in [7, 11) is 1.76. The summed E-state index contributed by atoms with van der Waals surface area (Å²) >= 11 is 0. The van der Waals surface area contributed by atoms with E-state index in [9.17, 15) is 4.79 Å². The molecule has 1 saturated carbocycles. The zero-order valence-electron chi connectivity index (χ0n) is 17.8. The summed E-state index contributed by atoms with van der Waals surface area (Å²) in [5, 5.41) is 2.84. The number of nitrogens with zero attached hydrogens (tertiary/aromatic N) is 1. The highest BCUT2D eigenvalue weighted by molar-refractivity contribution is 5.82. The first-order valence-electron chi connectivity index (χ1n) is 10.6. The van der Waals surface area contributed by atoms with Gasteiger partial charge in [-0.25, -0.2) is 0 Å². The van der Waals surface area contributed by atoms with E-state index in [0.29, 0.717) is 12.0 Å². The first kappa shape index (κ1) is 22.7. The Hall–Kier alpha value is -1.35. The van der Waals surface area contributed by atoms with Gasteiger partial charge in [-0.15, -0.1) is 0 Å². The molecule has 0 aromatic heterocycles. The number of hydrogen-bond acceptors (Lipinski definition) is 2. The predicted octanol–water partition coefficient (Wildman–Crippen LogP) is 5.22. The van der Waals surface area contributed by atoms with Crippen molar-refractivity contribution in [2.75, 3.05) is 20.1 Å². The number of hydrogen-bond donors (Lipinski definition) is 1. The van der Waals surface area contributed by atoms with Gasteiger partial charge < -0.3 is 10.2 Å². The Morgan fingerprint density at radius 1 is 1.04 bits per heavy atom. The van der Waals surface area contributed by atoms with Crippen LogP contribution in [0.1, 0.15) is 78.2 Å². The van der Waals surface area contributed by atoms with Crippen molar-refractivity contribution in [1.82, 2.24) is 10.2 Å². The molecule has 1 amide bonds. The van der Waals surface area contributed by atoms with Gasteiger partial charge in [0.05, 0.1) is 0 Å². The van der Waals surface area contributed by atoms with Gasteiger partial charge in [0.2, 0.25) is 5.91 Å². The van der Waals surface area contributed by atoms with Crippen LogP contribution in [-0.4, -0.2) is 37.0 Å². The van der Waals surface area contributed by atoms with E-state index in [2.05, 4.69) is 47.5 Å². The average molecular weight is 361 g/mol. The molecular formula is C23H40N2O. The van der Waals surface area contributed by atoms with Crippen LogP contribution in [0.15, 0.2) is 30.3 Å². The fourth-order valence-corrected chi connectivity index (χ4v) is 4.35. The third-order valence-corrected chi connectivity index (χ3v) is 5.81. The van der Waals surface area contributed by atoms with E-state index < -0.39 is 0 Å². The third kappa shape index (κ3) is 5.57. The number of carbonyl (C=O) groups is 1. The Balaban J connectivity index is 0.000000791. The molecule has 2 unspecified atom stereocenters. The SMILES string of the molecule is CC.CC.CNC(=O)C1(C)CCC(N2CCC(c3ccccc3)CC2)C1. The summed E-state index contributed by atoms with van der Waals surface area (Å²) in [5.74, 6) is 0.929. The van der Waals surface area contributed by atoms with Crippen LogP contribution in [0.5, 0.6) is 0 Å². The number of benzene rings is 1. The van der Waals surface area contributed by atoms with Gasteiger partial charge in [0.1, 0.15) is 0 Å². The smallest absolute Gasteiger partial charge is 0.225 e. The second-order valence-corrected chi connectivity index (χ2v) is 7.26. The molecule has 3 rings (SSSR count). The summed E-state index contributed by atoms with van der Waals surface area (Å²) < 4.78 is 0. The number of likely N-dealkylation sites (tertiary alicyclic amines) is 1. The highest BCUT2D eigenvalue weighted by Gasteiger charge is 2.43. The maximum atomic E-state index is 12.1. The van der Waals surface area contributed by atoms with Crippen molar-refractivity contribution in [3.8, 4) is 0 Å². The minimum Gasteiger partial charge on any atom is -0.359 e. The minimum absolute atomic E-state index is 0.157. The lowest BCUT2D eigenvalue weighted by Crippen LogP contribution is -2.42. The number of nitrogens with one attached hydrogen (secondary N) is 1. The third-order valence-electron chi connectivity index (χ3n) is 5.81. The van der Waals surface area contributed by atoms with Crippen LogP contribution < -0.4 is 5.32 Å². The fraction of sp³-hybridized carbons (Fsp3) is 0.696. The maximum absolute atomic E-state index is 12.1. The molecule has 1 saturated heterocycles. The van der Waals surface area contributed by atoms with Crippen molar-refractivity contribution in [3.05, 3.63) is 35.9 Å². The molecule has 1 N–H and O–H groups in total. The molecule has 1 heterocycles. The monoisotopic (exact) mass is 360 g/mol. The topological polar surface area (TPSA) is 32.3 Å². The van der Waals surface area contributed by atoms with Crippen LogP contribution in [0.4, 0.5) is 0 Å². The summed E-state index contributed by atoms with van der Waals surface area (Å²) in [6.07, 6.45) is 5.70. The van der Waals surface area contributed by atoms with Gasteiger partial charge in [-0.2, -0.15) is 0 Å². The zero-order chi connectivity index (χ0) is 19.6. The molecule has 1 aliphatic heterocycles. The normalized spacial score (nSPS) is 26.2. The van der Waals surface area contributed by atoms with Crippen LogP contribution >= 0.6 is 0 Å². The van der Waals surface area contributed by atoms with Crippen molar-refractivity contribution in [1.29, 1.82) is 0 Å². The molecule has 2 aliphatic rings. The van der Waals surface area contributed by atoms with Crippen molar-refractivity contribution in [2.24, 2.45) is 5.41 Å². The number of carbonyl (C=O) groups excluding carboxylic acids is 1. The Morgan fingerprint density at radius 3 is 2.15 bits per heavy atom. The van der Waals surface area contributed by atoms with Crippen LogP contribution in [-0.2, 0) is 4.79 Å². The second-order valence-electron chi connectivity index (χ2n) is 7.26. The van der Waals surface area contributed by atoms with Crippen LogP contribution in [0.3, 0.4) is 0 Å². The Labute approximate surface area is 161 Å². The highest BCUT2D eigenvalue weighted by Crippen LogP contribution is 2.41. The van der Waals surface area contributed by atoms with E-state index in [1.807, 2.05) is 27.7 Å². The van der Waals surface area contributed by atoms with Gasteiger partial charge in [0.15, 0.2) is 0 Å². The molecule has 0 spiro atoms. The van der Waals surface area contributed by atoms with E-state index in [1.54, 1.807) is 7.05 Å². The lowest BCUT2D eigenvalue weighted by atomic mass is 9.86. The summed E-state index contributed by atoms with van der Waals surface area (Å²) in [4.78, 5) is 14.7. The maximum Gasteiger partial charge on any atom is 0.225 e. The Kier molecular flexibility index (Phi) is 9.93. The average Bonchev–Trinajstić information content (AvgIpc) is 3.14. The molecule has 1 aromatic carbocycles. The standard InChI is InChI=1S/C19H28N2O.2C2H6/c1-19(18(22)20-2)11-8-17(14-19)21-12-9-16(10-13-21)15-6-4-3-5-7-15;2*1-2/h3-7,16-17H,8-14H2,1-2H3,(H,20,22);2*1-2H3. The van der Waals surface area contributed by atoms with E-state index in [1.165, 1.54) is 37.9 Å². The quantitative estimate of drug-likeness (QED) is 0.801. The van der Waals surface area contributed by atoms with Gasteiger partial charge in [-0.1, -0.05) is 65.0 Å². The first-order chi connectivity index (χ1) is 12.6. The number of rotatable bonds is 3. The molecule has 26 heavy (non-hydrogen) atoms. The van der Waals surface area contributed by atoms with Crippen molar-refractivity contribution in [2.45, 2.75) is 78.7 Å². The molecule has 0 bridgehead atoms. The van der Waals surface area contributed by atoms with Crippen molar-refractivity contribution < 1.29 is 4.79 Å². The lowest BCUT2D eigenvalue weighted by Gasteiger charge is -2.36. The zero-order valence-corrected chi connectivity index (χ0v) is 17.8. The predicted molar refractivity (Wildman–Crippen MR) is 112 cm³/mol.